The van der Waals surface area contributed by atoms with Gasteiger partial charge in [0.25, 0.3) is 5.91 Å². The fraction of sp³-hybridized carbons (Fsp3) is 0.562. The maximum absolute atomic E-state index is 12.2. The average Bonchev–Trinajstić information content (AvgIpc) is 2.48. The molecule has 0 spiro atoms. The highest BCUT2D eigenvalue weighted by Crippen LogP contribution is 2.25. The molecule has 1 aliphatic carbocycles. The molecule has 0 atom stereocenters. The van der Waals surface area contributed by atoms with Gasteiger partial charge >= 0.3 is 0 Å². The Labute approximate surface area is 121 Å². The highest BCUT2D eigenvalue weighted by Gasteiger charge is 2.22. The van der Waals surface area contributed by atoms with E-state index < -0.39 is 0 Å². The van der Waals surface area contributed by atoms with E-state index in [1.165, 1.54) is 0 Å². The highest BCUT2D eigenvalue weighted by molar-refractivity contribution is 5.99. The first kappa shape index (κ1) is 14.9. The van der Waals surface area contributed by atoms with E-state index >= 15 is 0 Å². The maximum atomic E-state index is 12.2. The van der Waals surface area contributed by atoms with Gasteiger partial charge < -0.3 is 15.0 Å². The van der Waals surface area contributed by atoms with Crippen molar-refractivity contribution in [3.63, 3.8) is 0 Å². The number of hydrogen-bond acceptors (Lipinski definition) is 3. The Morgan fingerprint density at radius 1 is 1.20 bits per heavy atom. The number of benzene rings is 1. The normalized spacial score (nSPS) is 22.4. The third-order valence-corrected chi connectivity index (χ3v) is 3.93. The van der Waals surface area contributed by atoms with Crippen LogP contribution in [0.2, 0.25) is 0 Å². The van der Waals surface area contributed by atoms with E-state index in [2.05, 4.69) is 5.32 Å². The molecular formula is C16H24N2O2. The van der Waals surface area contributed by atoms with Crippen molar-refractivity contribution in [3.8, 4) is 0 Å². The minimum atomic E-state index is 0.0404. The fourth-order valence-electron chi connectivity index (χ4n) is 2.70. The molecule has 2 rings (SSSR count). The Hall–Kier alpha value is -1.55. The molecule has 110 valence electrons. The number of para-hydroxylation sites is 1. The van der Waals surface area contributed by atoms with Gasteiger partial charge in [-0.2, -0.15) is 0 Å². The van der Waals surface area contributed by atoms with Crippen molar-refractivity contribution >= 4 is 11.6 Å². The Kier molecular flexibility index (Phi) is 5.01. The number of nitrogens with zero attached hydrogens (tertiary/aromatic N) is 1. The molecule has 1 aromatic rings. The van der Waals surface area contributed by atoms with Gasteiger partial charge in [0, 0.05) is 32.9 Å². The second-order valence-corrected chi connectivity index (χ2v) is 5.60. The third kappa shape index (κ3) is 3.51. The summed E-state index contributed by atoms with van der Waals surface area (Å²) < 4.78 is 5.39. The molecule has 4 nitrogen and oxygen atoms in total. The molecule has 1 N–H and O–H groups in total. The summed E-state index contributed by atoms with van der Waals surface area (Å²) in [6.45, 7) is 0. The van der Waals surface area contributed by atoms with Crippen molar-refractivity contribution < 1.29 is 9.53 Å². The van der Waals surface area contributed by atoms with E-state index in [0.717, 1.165) is 36.9 Å². The molecular weight excluding hydrogens is 252 g/mol. The molecule has 0 heterocycles. The van der Waals surface area contributed by atoms with Gasteiger partial charge in [-0.15, -0.1) is 0 Å². The smallest absolute Gasteiger partial charge is 0.255 e. The lowest BCUT2D eigenvalue weighted by atomic mass is 9.92. The lowest BCUT2D eigenvalue weighted by molar-refractivity contribution is 0.0681. The van der Waals surface area contributed by atoms with Gasteiger partial charge in [0.1, 0.15) is 0 Å². The molecule has 1 amide bonds. The molecule has 0 aliphatic heterocycles. The Morgan fingerprint density at radius 3 is 2.45 bits per heavy atom. The Bertz CT molecular complexity index is 452. The predicted molar refractivity (Wildman–Crippen MR) is 81.1 cm³/mol. The Balaban J connectivity index is 2.05. The van der Waals surface area contributed by atoms with Crippen LogP contribution in [-0.4, -0.2) is 44.2 Å². The largest absolute Gasteiger partial charge is 0.382 e. The summed E-state index contributed by atoms with van der Waals surface area (Å²) in [5.74, 6) is 0.0404. The zero-order chi connectivity index (χ0) is 14.5. The molecule has 1 aromatic carbocycles. The summed E-state index contributed by atoms with van der Waals surface area (Å²) >= 11 is 0. The van der Waals surface area contributed by atoms with E-state index in [4.69, 9.17) is 4.74 Å². The average molecular weight is 276 g/mol. The van der Waals surface area contributed by atoms with Crippen LogP contribution in [0.5, 0.6) is 0 Å². The number of hydrogen-bond donors (Lipinski definition) is 1. The fourth-order valence-corrected chi connectivity index (χ4v) is 2.70. The first-order chi connectivity index (χ1) is 9.61. The number of carbonyl (C=O) groups excluding carboxylic acids is 1. The third-order valence-electron chi connectivity index (χ3n) is 3.93. The lowest BCUT2D eigenvalue weighted by Crippen LogP contribution is -2.30. The first-order valence-corrected chi connectivity index (χ1v) is 7.22. The molecule has 1 saturated carbocycles. The number of methoxy groups -OCH3 is 1. The van der Waals surface area contributed by atoms with E-state index in [-0.39, 0.29) is 5.91 Å². The van der Waals surface area contributed by atoms with Crippen molar-refractivity contribution in [2.45, 2.75) is 37.8 Å². The van der Waals surface area contributed by atoms with Gasteiger partial charge in [-0.05, 0) is 37.8 Å². The zero-order valence-corrected chi connectivity index (χ0v) is 12.6. The van der Waals surface area contributed by atoms with Gasteiger partial charge in [0.15, 0.2) is 0 Å². The quantitative estimate of drug-likeness (QED) is 0.919. The van der Waals surface area contributed by atoms with Crippen LogP contribution in [0, 0.1) is 0 Å². The molecule has 20 heavy (non-hydrogen) atoms. The van der Waals surface area contributed by atoms with Gasteiger partial charge in [-0.1, -0.05) is 12.1 Å². The topological polar surface area (TPSA) is 41.6 Å². The molecule has 0 bridgehead atoms. The van der Waals surface area contributed by atoms with Gasteiger partial charge in [0.2, 0.25) is 0 Å². The van der Waals surface area contributed by atoms with E-state index in [0.29, 0.717) is 12.1 Å². The molecule has 0 saturated heterocycles. The zero-order valence-electron chi connectivity index (χ0n) is 12.6. The van der Waals surface area contributed by atoms with E-state index in [9.17, 15) is 4.79 Å². The van der Waals surface area contributed by atoms with Crippen molar-refractivity contribution in [2.75, 3.05) is 26.5 Å². The van der Waals surface area contributed by atoms with Crippen LogP contribution in [-0.2, 0) is 4.74 Å². The number of anilines is 1. The summed E-state index contributed by atoms with van der Waals surface area (Å²) in [5, 5.41) is 3.53. The van der Waals surface area contributed by atoms with Crippen molar-refractivity contribution in [1.29, 1.82) is 0 Å². The van der Waals surface area contributed by atoms with Crippen LogP contribution in [0.4, 0.5) is 5.69 Å². The van der Waals surface area contributed by atoms with Crippen LogP contribution < -0.4 is 5.32 Å². The number of ether oxygens (including phenoxy) is 1. The SMILES string of the molecule is COC1CCC(Nc2ccccc2C(=O)N(C)C)CC1. The molecule has 0 unspecified atom stereocenters. The molecule has 0 aromatic heterocycles. The first-order valence-electron chi connectivity index (χ1n) is 7.22. The van der Waals surface area contributed by atoms with E-state index in [1.807, 2.05) is 24.3 Å². The Morgan fingerprint density at radius 2 is 1.85 bits per heavy atom. The molecule has 0 radical (unpaired) electrons. The van der Waals surface area contributed by atoms with Crippen molar-refractivity contribution in [3.05, 3.63) is 29.8 Å². The molecule has 1 fully saturated rings. The predicted octanol–water partition coefficient (Wildman–Crippen LogP) is 2.76. The van der Waals surface area contributed by atoms with Gasteiger partial charge in [-0.25, -0.2) is 0 Å². The molecule has 4 heteroatoms. The number of amides is 1. The number of rotatable bonds is 4. The van der Waals surface area contributed by atoms with Gasteiger partial charge in [-0.3, -0.25) is 4.79 Å². The standard InChI is InChI=1S/C16H24N2O2/c1-18(2)16(19)14-6-4-5-7-15(14)17-12-8-10-13(20-3)11-9-12/h4-7,12-13,17H,8-11H2,1-3H3. The summed E-state index contributed by atoms with van der Waals surface area (Å²) in [7, 11) is 5.34. The summed E-state index contributed by atoms with van der Waals surface area (Å²) in [4.78, 5) is 13.8. The highest BCUT2D eigenvalue weighted by atomic mass is 16.5. The second kappa shape index (κ2) is 6.75. The maximum Gasteiger partial charge on any atom is 0.255 e. The van der Waals surface area contributed by atoms with Crippen LogP contribution in [0.3, 0.4) is 0 Å². The van der Waals surface area contributed by atoms with Crippen LogP contribution in [0.25, 0.3) is 0 Å². The minimum absolute atomic E-state index is 0.0404. The minimum Gasteiger partial charge on any atom is -0.382 e. The molecule has 1 aliphatic rings. The van der Waals surface area contributed by atoms with Gasteiger partial charge in [0.05, 0.1) is 11.7 Å². The summed E-state index contributed by atoms with van der Waals surface area (Å²) in [5.41, 5.74) is 1.68. The van der Waals surface area contributed by atoms with Crippen LogP contribution >= 0.6 is 0 Å². The number of nitrogens with one attached hydrogen (secondary N) is 1. The van der Waals surface area contributed by atoms with Crippen molar-refractivity contribution in [1.82, 2.24) is 4.90 Å². The van der Waals surface area contributed by atoms with Crippen LogP contribution in [0.15, 0.2) is 24.3 Å². The van der Waals surface area contributed by atoms with Crippen molar-refractivity contribution in [2.24, 2.45) is 0 Å². The summed E-state index contributed by atoms with van der Waals surface area (Å²) in [6, 6.07) is 8.17. The van der Waals surface area contributed by atoms with E-state index in [1.54, 1.807) is 26.1 Å². The lowest BCUT2D eigenvalue weighted by Gasteiger charge is -2.29. The second-order valence-electron chi connectivity index (χ2n) is 5.60. The summed E-state index contributed by atoms with van der Waals surface area (Å²) in [6.07, 6.45) is 4.73. The number of carbonyl (C=O) groups is 1. The monoisotopic (exact) mass is 276 g/mol. The van der Waals surface area contributed by atoms with Crippen LogP contribution in [0.1, 0.15) is 36.0 Å².